The van der Waals surface area contributed by atoms with Crippen molar-refractivity contribution >= 4 is 27.7 Å². The maximum atomic E-state index is 11.9. The Bertz CT molecular complexity index is 821. The van der Waals surface area contributed by atoms with Crippen LogP contribution >= 0.6 is 0 Å². The second kappa shape index (κ2) is 6.79. The number of rotatable bonds is 6. The molecule has 1 amide bonds. The van der Waals surface area contributed by atoms with Gasteiger partial charge >= 0.3 is 0 Å². The molecule has 2 aromatic heterocycles. The lowest BCUT2D eigenvalue weighted by molar-refractivity contribution is -0.122. The summed E-state index contributed by atoms with van der Waals surface area (Å²) < 4.78 is 0. The van der Waals surface area contributed by atoms with Crippen molar-refractivity contribution in [3.05, 3.63) is 42.2 Å². The van der Waals surface area contributed by atoms with Gasteiger partial charge in [-0.3, -0.25) is 9.78 Å². The van der Waals surface area contributed by atoms with Gasteiger partial charge in [0, 0.05) is 28.4 Å². The Kier molecular flexibility index (Phi) is 4.57. The number of carbonyl (C=O) groups is 1. The molecule has 1 unspecified atom stereocenters. The van der Waals surface area contributed by atoms with Crippen molar-refractivity contribution in [2.45, 2.75) is 32.2 Å². The lowest BCUT2D eigenvalue weighted by atomic mass is 10.1. The normalized spacial score (nSPS) is 12.6. The fraction of sp³-hybridized carbons (Fsp3) is 0.333. The number of H-pyrrole nitrogens is 1. The molecule has 0 saturated heterocycles. The highest BCUT2D eigenvalue weighted by molar-refractivity contribution is 6.06. The molecule has 0 saturated carbocycles. The summed E-state index contributed by atoms with van der Waals surface area (Å²) in [5.74, 6) is -0.0493. The number of para-hydroxylation sites is 1. The predicted octanol–water partition coefficient (Wildman–Crippen LogP) is 2.54. The third-order valence-electron chi connectivity index (χ3n) is 4.13. The second-order valence-electron chi connectivity index (χ2n) is 5.75. The van der Waals surface area contributed by atoms with Crippen molar-refractivity contribution in [1.82, 2.24) is 15.3 Å². The molecule has 0 aliphatic rings. The first-order valence-electron chi connectivity index (χ1n) is 7.96. The van der Waals surface area contributed by atoms with Gasteiger partial charge in [-0.15, -0.1) is 0 Å². The highest BCUT2D eigenvalue weighted by Crippen LogP contribution is 2.25. The molecule has 0 aliphatic heterocycles. The van der Waals surface area contributed by atoms with Crippen LogP contribution in [0.1, 0.15) is 25.5 Å². The van der Waals surface area contributed by atoms with Crippen LogP contribution in [0, 0.1) is 0 Å². The predicted molar refractivity (Wildman–Crippen MR) is 91.2 cm³/mol. The number of amides is 1. The zero-order chi connectivity index (χ0) is 16.2. The highest BCUT2D eigenvalue weighted by Gasteiger charge is 2.10. The van der Waals surface area contributed by atoms with E-state index < -0.39 is 0 Å². The number of hydrogen-bond acceptors (Lipinski definition) is 3. The minimum Gasteiger partial charge on any atom is -0.394 e. The molecule has 0 fully saturated rings. The molecule has 5 heteroatoms. The lowest BCUT2D eigenvalue weighted by Crippen LogP contribution is -2.37. The van der Waals surface area contributed by atoms with Gasteiger partial charge in [-0.25, -0.2) is 0 Å². The zero-order valence-electron chi connectivity index (χ0n) is 13.2. The van der Waals surface area contributed by atoms with Gasteiger partial charge < -0.3 is 15.4 Å². The number of nitrogens with one attached hydrogen (secondary N) is 2. The number of aromatic nitrogens is 2. The Labute approximate surface area is 134 Å². The quantitative estimate of drug-likeness (QED) is 0.654. The first kappa shape index (κ1) is 15.5. The number of pyridine rings is 1. The molecule has 3 N–H and O–H groups in total. The number of aryl methyl sites for hydroxylation is 1. The number of fused-ring (bicyclic) bond motifs is 3. The molecule has 1 atom stereocenters. The molecule has 1 aromatic carbocycles. The highest BCUT2D eigenvalue weighted by atomic mass is 16.3. The summed E-state index contributed by atoms with van der Waals surface area (Å²) in [6, 6.07) is 10.0. The Morgan fingerprint density at radius 1 is 1.30 bits per heavy atom. The van der Waals surface area contributed by atoms with E-state index in [0.29, 0.717) is 12.8 Å². The van der Waals surface area contributed by atoms with Crippen LogP contribution in [-0.2, 0) is 11.2 Å². The van der Waals surface area contributed by atoms with Gasteiger partial charge in [0.15, 0.2) is 0 Å². The van der Waals surface area contributed by atoms with Crippen molar-refractivity contribution in [2.24, 2.45) is 0 Å². The summed E-state index contributed by atoms with van der Waals surface area (Å²) in [7, 11) is 0. The molecule has 2 heterocycles. The number of aromatic amines is 1. The molecule has 5 nitrogen and oxygen atoms in total. The number of aliphatic hydroxyl groups is 1. The third-order valence-corrected chi connectivity index (χ3v) is 4.13. The van der Waals surface area contributed by atoms with Crippen molar-refractivity contribution in [1.29, 1.82) is 0 Å². The molecule has 0 aliphatic carbocycles. The van der Waals surface area contributed by atoms with Crippen molar-refractivity contribution < 1.29 is 9.90 Å². The van der Waals surface area contributed by atoms with Gasteiger partial charge in [-0.1, -0.05) is 25.1 Å². The minimum absolute atomic E-state index is 0.0260. The average molecular weight is 311 g/mol. The summed E-state index contributed by atoms with van der Waals surface area (Å²) in [4.78, 5) is 19.7. The van der Waals surface area contributed by atoms with E-state index in [0.717, 1.165) is 28.5 Å². The van der Waals surface area contributed by atoms with Crippen LogP contribution in [0.25, 0.3) is 21.8 Å². The summed E-state index contributed by atoms with van der Waals surface area (Å²) in [5, 5.41) is 14.3. The van der Waals surface area contributed by atoms with Gasteiger partial charge in [0.1, 0.15) is 0 Å². The van der Waals surface area contributed by atoms with Crippen LogP contribution in [0.4, 0.5) is 0 Å². The van der Waals surface area contributed by atoms with Crippen molar-refractivity contribution in [2.75, 3.05) is 6.61 Å². The first-order chi connectivity index (χ1) is 11.2. The summed E-state index contributed by atoms with van der Waals surface area (Å²) in [6.07, 6.45) is 3.51. The molecule has 0 radical (unpaired) electrons. The maximum Gasteiger partial charge on any atom is 0.220 e. The Balaban J connectivity index is 1.73. The third kappa shape index (κ3) is 3.35. The van der Waals surface area contributed by atoms with E-state index in [1.54, 1.807) is 0 Å². The standard InChI is InChI=1S/C18H21N3O2/c1-2-12(11-22)20-18(23)8-7-13-9-15-14-5-3-4-6-16(14)21-17(15)10-19-13/h3-6,9-10,12,21-22H,2,7-8,11H2,1H3,(H,20,23). The van der Waals surface area contributed by atoms with Gasteiger partial charge in [-0.05, 0) is 25.0 Å². The molecule has 0 spiro atoms. The van der Waals surface area contributed by atoms with Gasteiger partial charge in [-0.2, -0.15) is 0 Å². The van der Waals surface area contributed by atoms with Crippen LogP contribution in [0.2, 0.25) is 0 Å². The zero-order valence-corrected chi connectivity index (χ0v) is 13.2. The van der Waals surface area contributed by atoms with E-state index in [2.05, 4.69) is 21.4 Å². The number of hydrogen-bond donors (Lipinski definition) is 3. The maximum absolute atomic E-state index is 11.9. The van der Waals surface area contributed by atoms with Crippen LogP contribution < -0.4 is 5.32 Å². The number of carbonyl (C=O) groups excluding carboxylic acids is 1. The van der Waals surface area contributed by atoms with E-state index in [9.17, 15) is 4.79 Å². The van der Waals surface area contributed by atoms with Crippen LogP contribution in [0.15, 0.2) is 36.5 Å². The van der Waals surface area contributed by atoms with Crippen LogP contribution in [0.3, 0.4) is 0 Å². The largest absolute Gasteiger partial charge is 0.394 e. The van der Waals surface area contributed by atoms with Gasteiger partial charge in [0.2, 0.25) is 5.91 Å². The van der Waals surface area contributed by atoms with E-state index >= 15 is 0 Å². The fourth-order valence-electron chi connectivity index (χ4n) is 2.75. The second-order valence-corrected chi connectivity index (χ2v) is 5.75. The molecule has 3 aromatic rings. The van der Waals surface area contributed by atoms with E-state index in [1.807, 2.05) is 37.4 Å². The van der Waals surface area contributed by atoms with E-state index in [4.69, 9.17) is 5.11 Å². The number of nitrogens with zero attached hydrogens (tertiary/aromatic N) is 1. The molecule has 0 bridgehead atoms. The molecule has 3 rings (SSSR count). The summed E-state index contributed by atoms with van der Waals surface area (Å²) in [6.45, 7) is 1.91. The Morgan fingerprint density at radius 3 is 2.91 bits per heavy atom. The van der Waals surface area contributed by atoms with Crippen LogP contribution in [0.5, 0.6) is 0 Å². The topological polar surface area (TPSA) is 78.0 Å². The Hall–Kier alpha value is -2.40. The van der Waals surface area contributed by atoms with Crippen LogP contribution in [-0.4, -0.2) is 33.6 Å². The molecular weight excluding hydrogens is 290 g/mol. The Morgan fingerprint density at radius 2 is 2.13 bits per heavy atom. The summed E-state index contributed by atoms with van der Waals surface area (Å²) in [5.41, 5.74) is 2.99. The van der Waals surface area contributed by atoms with Crippen molar-refractivity contribution in [3.63, 3.8) is 0 Å². The first-order valence-corrected chi connectivity index (χ1v) is 7.96. The van der Waals surface area contributed by atoms with Gasteiger partial charge in [0.05, 0.1) is 24.4 Å². The monoisotopic (exact) mass is 311 g/mol. The SMILES string of the molecule is CCC(CO)NC(=O)CCc1cc2c(cn1)[nH]c1ccccc12. The fourth-order valence-corrected chi connectivity index (χ4v) is 2.75. The number of benzene rings is 1. The van der Waals surface area contributed by atoms with E-state index in [1.165, 1.54) is 5.39 Å². The summed E-state index contributed by atoms with van der Waals surface area (Å²) >= 11 is 0. The smallest absolute Gasteiger partial charge is 0.220 e. The number of aliphatic hydroxyl groups excluding tert-OH is 1. The van der Waals surface area contributed by atoms with E-state index in [-0.39, 0.29) is 18.6 Å². The molecular formula is C18H21N3O2. The minimum atomic E-state index is -0.161. The average Bonchev–Trinajstić information content (AvgIpc) is 2.95. The van der Waals surface area contributed by atoms with Crippen molar-refractivity contribution in [3.8, 4) is 0 Å². The molecule has 23 heavy (non-hydrogen) atoms. The molecule has 120 valence electrons. The van der Waals surface area contributed by atoms with Gasteiger partial charge in [0.25, 0.3) is 0 Å². The lowest BCUT2D eigenvalue weighted by Gasteiger charge is -2.13.